The van der Waals surface area contributed by atoms with E-state index in [-0.39, 0.29) is 34.0 Å². The van der Waals surface area contributed by atoms with Gasteiger partial charge < -0.3 is 29.2 Å². The third-order valence-electron chi connectivity index (χ3n) is 5.16. The number of nitrogens with one attached hydrogen (secondary N) is 1. The van der Waals surface area contributed by atoms with Crippen molar-refractivity contribution in [1.29, 1.82) is 0 Å². The summed E-state index contributed by atoms with van der Waals surface area (Å²) in [6.07, 6.45) is 1.26. The van der Waals surface area contributed by atoms with Crippen molar-refractivity contribution >= 4 is 23.6 Å². The molecule has 11 heteroatoms. The normalized spacial score (nSPS) is 13.7. The summed E-state index contributed by atoms with van der Waals surface area (Å²) in [7, 11) is 4.26. The Hall–Kier alpha value is -4.12. The summed E-state index contributed by atoms with van der Waals surface area (Å²) in [6, 6.07) is 8.89. The van der Waals surface area contributed by atoms with Crippen molar-refractivity contribution in [3.8, 4) is 17.2 Å². The second-order valence-electron chi connectivity index (χ2n) is 7.17. The summed E-state index contributed by atoms with van der Waals surface area (Å²) in [5.41, 5.74) is -0.0979. The van der Waals surface area contributed by atoms with Crippen molar-refractivity contribution in [2.45, 2.75) is 0 Å². The van der Waals surface area contributed by atoms with Crippen LogP contribution in [0.3, 0.4) is 0 Å². The van der Waals surface area contributed by atoms with Crippen LogP contribution in [-0.2, 0) is 9.53 Å². The Labute approximate surface area is 196 Å². The molecule has 180 valence electrons. The molecular formula is C23H25N3O8. The highest BCUT2D eigenvalue weighted by Gasteiger charge is 2.25. The van der Waals surface area contributed by atoms with Gasteiger partial charge in [-0.25, -0.2) is 0 Å². The van der Waals surface area contributed by atoms with Crippen molar-refractivity contribution in [2.24, 2.45) is 0 Å². The smallest absolute Gasteiger partial charge is 0.280 e. The van der Waals surface area contributed by atoms with Crippen molar-refractivity contribution in [2.75, 3.05) is 47.6 Å². The molecule has 1 aliphatic heterocycles. The van der Waals surface area contributed by atoms with E-state index < -0.39 is 16.7 Å². The molecule has 0 aliphatic carbocycles. The molecule has 2 aromatic rings. The molecule has 0 radical (unpaired) electrons. The van der Waals surface area contributed by atoms with Crippen LogP contribution in [0.25, 0.3) is 6.08 Å². The van der Waals surface area contributed by atoms with E-state index in [1.165, 1.54) is 44.4 Å². The highest BCUT2D eigenvalue weighted by atomic mass is 16.6. The molecule has 1 aliphatic rings. The number of rotatable bonds is 8. The number of methoxy groups -OCH3 is 3. The molecule has 11 nitrogen and oxygen atoms in total. The molecule has 0 bridgehead atoms. The highest BCUT2D eigenvalue weighted by Crippen LogP contribution is 2.35. The minimum Gasteiger partial charge on any atom is -0.497 e. The van der Waals surface area contributed by atoms with Crippen LogP contribution >= 0.6 is 0 Å². The van der Waals surface area contributed by atoms with Gasteiger partial charge in [0.2, 0.25) is 0 Å². The predicted octanol–water partition coefficient (Wildman–Crippen LogP) is 2.25. The fraction of sp³-hybridized carbons (Fsp3) is 0.304. The fourth-order valence-electron chi connectivity index (χ4n) is 3.34. The summed E-state index contributed by atoms with van der Waals surface area (Å²) in [4.78, 5) is 38.8. The Balaban J connectivity index is 2.04. The van der Waals surface area contributed by atoms with E-state index in [9.17, 15) is 19.7 Å². The quantitative estimate of drug-likeness (QED) is 0.353. The number of nitro groups is 1. The van der Waals surface area contributed by atoms with E-state index >= 15 is 0 Å². The van der Waals surface area contributed by atoms with Crippen LogP contribution in [-0.4, -0.2) is 69.3 Å². The highest BCUT2D eigenvalue weighted by molar-refractivity contribution is 6.05. The molecule has 0 aromatic heterocycles. The number of carbonyl (C=O) groups excluding carboxylic acids is 2. The van der Waals surface area contributed by atoms with Crippen molar-refractivity contribution in [1.82, 2.24) is 10.2 Å². The van der Waals surface area contributed by atoms with Gasteiger partial charge in [0.1, 0.15) is 11.4 Å². The van der Waals surface area contributed by atoms with Gasteiger partial charge in [0.25, 0.3) is 17.5 Å². The zero-order chi connectivity index (χ0) is 24.7. The Morgan fingerprint density at radius 1 is 1.03 bits per heavy atom. The fourth-order valence-corrected chi connectivity index (χ4v) is 3.34. The Kier molecular flexibility index (Phi) is 8.04. The van der Waals surface area contributed by atoms with Crippen molar-refractivity contribution in [3.05, 3.63) is 63.3 Å². The maximum Gasteiger partial charge on any atom is 0.280 e. The Bertz CT molecular complexity index is 1090. The van der Waals surface area contributed by atoms with Crippen molar-refractivity contribution in [3.63, 3.8) is 0 Å². The summed E-state index contributed by atoms with van der Waals surface area (Å²) < 4.78 is 20.8. The Morgan fingerprint density at radius 2 is 1.65 bits per heavy atom. The van der Waals surface area contributed by atoms with Gasteiger partial charge in [-0.15, -0.1) is 0 Å². The minimum atomic E-state index is -0.601. The number of nitrogens with zero attached hydrogens (tertiary/aromatic N) is 2. The van der Waals surface area contributed by atoms with Gasteiger partial charge >= 0.3 is 0 Å². The first kappa shape index (κ1) is 24.5. The monoisotopic (exact) mass is 471 g/mol. The average Bonchev–Trinajstić information content (AvgIpc) is 2.87. The van der Waals surface area contributed by atoms with Crippen LogP contribution in [0, 0.1) is 10.1 Å². The lowest BCUT2D eigenvalue weighted by Crippen LogP contribution is -2.44. The molecular weight excluding hydrogens is 446 g/mol. The topological polar surface area (TPSA) is 129 Å². The average molecular weight is 471 g/mol. The van der Waals surface area contributed by atoms with Gasteiger partial charge in [0, 0.05) is 18.7 Å². The van der Waals surface area contributed by atoms with E-state index in [0.717, 1.165) is 0 Å². The zero-order valence-corrected chi connectivity index (χ0v) is 19.0. The Morgan fingerprint density at radius 3 is 2.21 bits per heavy atom. The maximum atomic E-state index is 13.3. The van der Waals surface area contributed by atoms with Gasteiger partial charge in [-0.2, -0.15) is 0 Å². The lowest BCUT2D eigenvalue weighted by Gasteiger charge is -2.27. The number of ether oxygens (including phenoxy) is 4. The van der Waals surface area contributed by atoms with Crippen LogP contribution in [0.1, 0.15) is 15.9 Å². The molecule has 34 heavy (non-hydrogen) atoms. The maximum absolute atomic E-state index is 13.3. The molecule has 1 fully saturated rings. The molecule has 0 spiro atoms. The largest absolute Gasteiger partial charge is 0.497 e. The first-order valence-corrected chi connectivity index (χ1v) is 10.3. The molecule has 0 saturated carbocycles. The van der Waals surface area contributed by atoms with E-state index in [4.69, 9.17) is 18.9 Å². The predicted molar refractivity (Wildman–Crippen MR) is 122 cm³/mol. The molecule has 3 rings (SSSR count). The number of nitro benzene ring substituents is 1. The number of morpholine rings is 1. The van der Waals surface area contributed by atoms with Crippen LogP contribution in [0.4, 0.5) is 5.69 Å². The van der Waals surface area contributed by atoms with Crippen LogP contribution in [0.5, 0.6) is 17.2 Å². The molecule has 2 aromatic carbocycles. The van der Waals surface area contributed by atoms with Gasteiger partial charge in [0.05, 0.1) is 51.1 Å². The van der Waals surface area contributed by atoms with Gasteiger partial charge in [-0.1, -0.05) is 0 Å². The lowest BCUT2D eigenvalue weighted by atomic mass is 10.1. The van der Waals surface area contributed by atoms with Gasteiger partial charge in [0.15, 0.2) is 11.5 Å². The molecule has 0 unspecified atom stereocenters. The first-order chi connectivity index (χ1) is 16.4. The van der Waals surface area contributed by atoms with Crippen LogP contribution < -0.4 is 19.5 Å². The number of amides is 2. The third-order valence-corrected chi connectivity index (χ3v) is 5.16. The summed E-state index contributed by atoms with van der Waals surface area (Å²) in [5.74, 6) is -0.0841. The van der Waals surface area contributed by atoms with Gasteiger partial charge in [-0.3, -0.25) is 19.7 Å². The standard InChI is InChI=1S/C23H25N3O8/c1-31-17-6-4-15(5-7-17)22(27)24-18(23(28)25-8-10-34-11-9-25)12-16-13-20(32-2)21(33-3)14-19(16)26(29)30/h4-7,12-14H,8-11H2,1-3H3,(H,24,27)/b18-12-. The number of carbonyl (C=O) groups is 2. The molecule has 1 heterocycles. The SMILES string of the molecule is COc1ccc(C(=O)N/C(=C\c2cc(OC)c(OC)cc2[N+](=O)[O-])C(=O)N2CCOCC2)cc1. The molecule has 1 N–H and O–H groups in total. The van der Waals surface area contributed by atoms with Crippen molar-refractivity contribution < 1.29 is 33.5 Å². The van der Waals surface area contributed by atoms with E-state index in [0.29, 0.717) is 32.1 Å². The van der Waals surface area contributed by atoms with E-state index in [2.05, 4.69) is 5.32 Å². The lowest BCUT2D eigenvalue weighted by molar-refractivity contribution is -0.385. The number of benzene rings is 2. The van der Waals surface area contributed by atoms with Gasteiger partial charge in [-0.05, 0) is 36.4 Å². The number of hydrogen-bond acceptors (Lipinski definition) is 8. The molecule has 1 saturated heterocycles. The van der Waals surface area contributed by atoms with E-state index in [1.807, 2.05) is 0 Å². The second kappa shape index (κ2) is 11.1. The molecule has 2 amide bonds. The summed E-state index contributed by atoms with van der Waals surface area (Å²) in [5, 5.41) is 14.3. The first-order valence-electron chi connectivity index (χ1n) is 10.3. The van der Waals surface area contributed by atoms with Crippen LogP contribution in [0.2, 0.25) is 0 Å². The summed E-state index contributed by atoms with van der Waals surface area (Å²) >= 11 is 0. The number of hydrogen-bond donors (Lipinski definition) is 1. The molecule has 0 atom stereocenters. The summed E-state index contributed by atoms with van der Waals surface area (Å²) in [6.45, 7) is 1.34. The van der Waals surface area contributed by atoms with E-state index in [1.54, 1.807) is 24.3 Å². The second-order valence-corrected chi connectivity index (χ2v) is 7.17. The zero-order valence-electron chi connectivity index (χ0n) is 19.0. The third kappa shape index (κ3) is 5.62. The minimum absolute atomic E-state index is 0.0642. The van der Waals surface area contributed by atoms with Crippen LogP contribution in [0.15, 0.2) is 42.1 Å².